The molecule has 0 amide bonds. The average molecular weight is 423 g/mol. The van der Waals surface area contributed by atoms with Gasteiger partial charge in [0.2, 0.25) is 0 Å². The summed E-state index contributed by atoms with van der Waals surface area (Å²) < 4.78 is 2.66. The number of thioether (sulfide) groups is 1. The third-order valence-electron chi connectivity index (χ3n) is 3.42. The van der Waals surface area contributed by atoms with E-state index in [1.165, 1.54) is 11.8 Å². The molecule has 0 aliphatic carbocycles. The second-order valence-electron chi connectivity index (χ2n) is 5.07. The molecule has 0 atom stereocenters. The van der Waals surface area contributed by atoms with Crippen molar-refractivity contribution in [2.75, 3.05) is 5.75 Å². The summed E-state index contributed by atoms with van der Waals surface area (Å²) in [5.74, 6) is 1.05. The average Bonchev–Trinajstić information content (AvgIpc) is 2.94. The molecule has 3 rings (SSSR count). The predicted molar refractivity (Wildman–Crippen MR) is 101 cm³/mol. The number of hydrogen-bond acceptors (Lipinski definition) is 4. The number of carbonyl (C=O) groups excluding carboxylic acids is 1. The molecule has 0 saturated carbocycles. The second kappa shape index (κ2) is 7.51. The molecule has 0 aliphatic heterocycles. The highest BCUT2D eigenvalue weighted by Crippen LogP contribution is 2.26. The molecule has 122 valence electrons. The van der Waals surface area contributed by atoms with Crippen LogP contribution in [0.5, 0.6) is 0 Å². The number of carbonyl (C=O) groups is 1. The number of aromatic nitrogens is 3. The summed E-state index contributed by atoms with van der Waals surface area (Å²) in [4.78, 5) is 12.3. The molecular weight excluding hydrogens is 410 g/mol. The normalized spacial score (nSPS) is 10.8. The topological polar surface area (TPSA) is 47.8 Å². The lowest BCUT2D eigenvalue weighted by molar-refractivity contribution is 0.102. The lowest BCUT2D eigenvalue weighted by atomic mass is 10.1. The van der Waals surface area contributed by atoms with Gasteiger partial charge in [-0.1, -0.05) is 69.6 Å². The zero-order valence-electron chi connectivity index (χ0n) is 12.7. The van der Waals surface area contributed by atoms with E-state index in [-0.39, 0.29) is 5.78 Å². The van der Waals surface area contributed by atoms with Gasteiger partial charge in [-0.15, -0.1) is 10.2 Å². The van der Waals surface area contributed by atoms with Gasteiger partial charge in [0.1, 0.15) is 0 Å². The second-order valence-corrected chi connectivity index (χ2v) is 7.30. The van der Waals surface area contributed by atoms with Crippen molar-refractivity contribution in [2.24, 2.45) is 7.05 Å². The fourth-order valence-corrected chi connectivity index (χ4v) is 3.71. The van der Waals surface area contributed by atoms with Gasteiger partial charge in [0.05, 0.1) is 5.75 Å². The Morgan fingerprint density at radius 3 is 2.75 bits per heavy atom. The zero-order chi connectivity index (χ0) is 17.1. The minimum Gasteiger partial charge on any atom is -0.305 e. The molecule has 7 heteroatoms. The van der Waals surface area contributed by atoms with E-state index in [9.17, 15) is 4.79 Å². The summed E-state index contributed by atoms with van der Waals surface area (Å²) >= 11 is 10.8. The Bertz CT molecular complexity index is 897. The van der Waals surface area contributed by atoms with Gasteiger partial charge in [0, 0.05) is 27.7 Å². The van der Waals surface area contributed by atoms with Gasteiger partial charge in [-0.25, -0.2) is 0 Å². The van der Waals surface area contributed by atoms with E-state index < -0.39 is 0 Å². The SMILES string of the molecule is Cn1c(SCC(=O)c2ccccc2Br)nnc1-c1cccc(Cl)c1. The number of nitrogens with zero attached hydrogens (tertiary/aromatic N) is 3. The number of Topliss-reactive ketones (excluding diaryl/α,β-unsaturated/α-hetero) is 1. The molecule has 0 radical (unpaired) electrons. The first-order chi connectivity index (χ1) is 11.6. The fraction of sp³-hybridized carbons (Fsp3) is 0.118. The molecular formula is C17H13BrClN3OS. The van der Waals surface area contributed by atoms with Gasteiger partial charge in [-0.2, -0.15) is 0 Å². The Kier molecular flexibility index (Phi) is 5.38. The highest BCUT2D eigenvalue weighted by atomic mass is 79.9. The number of benzene rings is 2. The highest BCUT2D eigenvalue weighted by Gasteiger charge is 2.15. The van der Waals surface area contributed by atoms with Crippen LogP contribution in [0, 0.1) is 0 Å². The lowest BCUT2D eigenvalue weighted by Crippen LogP contribution is -2.04. The maximum atomic E-state index is 12.3. The Morgan fingerprint density at radius 2 is 2.00 bits per heavy atom. The molecule has 1 aromatic heterocycles. The number of ketones is 1. The monoisotopic (exact) mass is 421 g/mol. The van der Waals surface area contributed by atoms with Crippen molar-refractivity contribution in [3.63, 3.8) is 0 Å². The molecule has 0 fully saturated rings. The molecule has 0 spiro atoms. The Balaban J connectivity index is 1.75. The van der Waals surface area contributed by atoms with Gasteiger partial charge in [-0.05, 0) is 18.2 Å². The third kappa shape index (κ3) is 3.71. The van der Waals surface area contributed by atoms with Crippen LogP contribution in [-0.4, -0.2) is 26.3 Å². The van der Waals surface area contributed by atoms with E-state index in [2.05, 4.69) is 26.1 Å². The first-order valence-electron chi connectivity index (χ1n) is 7.12. The van der Waals surface area contributed by atoms with Crippen LogP contribution in [-0.2, 0) is 7.05 Å². The number of rotatable bonds is 5. The van der Waals surface area contributed by atoms with E-state index in [0.29, 0.717) is 27.3 Å². The van der Waals surface area contributed by atoms with Crippen molar-refractivity contribution in [3.8, 4) is 11.4 Å². The molecule has 3 aromatic rings. The highest BCUT2D eigenvalue weighted by molar-refractivity contribution is 9.10. The van der Waals surface area contributed by atoms with Gasteiger partial charge in [0.15, 0.2) is 16.8 Å². The molecule has 0 aliphatic rings. The van der Waals surface area contributed by atoms with Gasteiger partial charge in [-0.3, -0.25) is 4.79 Å². The third-order valence-corrected chi connectivity index (χ3v) is 5.37. The molecule has 0 saturated heterocycles. The molecule has 24 heavy (non-hydrogen) atoms. The van der Waals surface area contributed by atoms with Crippen LogP contribution in [0.3, 0.4) is 0 Å². The smallest absolute Gasteiger partial charge is 0.191 e. The molecule has 4 nitrogen and oxygen atoms in total. The van der Waals surface area contributed by atoms with Crippen molar-refractivity contribution in [3.05, 3.63) is 63.6 Å². The van der Waals surface area contributed by atoms with Crippen LogP contribution in [0.1, 0.15) is 10.4 Å². The van der Waals surface area contributed by atoms with Crippen molar-refractivity contribution in [1.29, 1.82) is 0 Å². The number of hydrogen-bond donors (Lipinski definition) is 0. The fourth-order valence-electron chi connectivity index (χ4n) is 2.21. The van der Waals surface area contributed by atoms with Crippen LogP contribution in [0.25, 0.3) is 11.4 Å². The largest absolute Gasteiger partial charge is 0.305 e. The Morgan fingerprint density at radius 1 is 1.21 bits per heavy atom. The summed E-state index contributed by atoms with van der Waals surface area (Å²) in [6, 6.07) is 14.8. The van der Waals surface area contributed by atoms with E-state index in [1.54, 1.807) is 6.07 Å². The van der Waals surface area contributed by atoms with E-state index >= 15 is 0 Å². The van der Waals surface area contributed by atoms with Gasteiger partial charge in [0.25, 0.3) is 0 Å². The van der Waals surface area contributed by atoms with E-state index in [1.807, 2.05) is 54.1 Å². The summed E-state index contributed by atoms with van der Waals surface area (Å²) in [6.07, 6.45) is 0. The predicted octanol–water partition coefficient (Wildman–Crippen LogP) is 4.87. The van der Waals surface area contributed by atoms with Crippen molar-refractivity contribution >= 4 is 45.1 Å². The Hall–Kier alpha value is -1.63. The lowest BCUT2D eigenvalue weighted by Gasteiger charge is -2.05. The van der Waals surface area contributed by atoms with E-state index in [4.69, 9.17) is 11.6 Å². The first-order valence-corrected chi connectivity index (χ1v) is 9.28. The number of halogens is 2. The molecule has 0 bridgehead atoms. The van der Waals surface area contributed by atoms with Crippen molar-refractivity contribution in [2.45, 2.75) is 5.16 Å². The summed E-state index contributed by atoms with van der Waals surface area (Å²) in [5, 5.41) is 9.72. The van der Waals surface area contributed by atoms with Crippen molar-refractivity contribution < 1.29 is 4.79 Å². The van der Waals surface area contributed by atoms with E-state index in [0.717, 1.165) is 10.0 Å². The summed E-state index contributed by atoms with van der Waals surface area (Å²) in [7, 11) is 1.88. The molecule has 0 N–H and O–H groups in total. The standard InChI is InChI=1S/C17H13BrClN3OS/c1-22-16(11-5-4-6-12(19)9-11)20-21-17(22)24-10-15(23)13-7-2-3-8-14(13)18/h2-9H,10H2,1H3. The van der Waals surface area contributed by atoms with Crippen molar-refractivity contribution in [1.82, 2.24) is 14.8 Å². The Labute approximate surface area is 157 Å². The molecule has 0 unspecified atom stereocenters. The maximum absolute atomic E-state index is 12.3. The van der Waals surface area contributed by atoms with Crippen LogP contribution in [0.2, 0.25) is 5.02 Å². The molecule has 2 aromatic carbocycles. The first kappa shape index (κ1) is 17.2. The minimum atomic E-state index is 0.0415. The quantitative estimate of drug-likeness (QED) is 0.434. The van der Waals surface area contributed by atoms with Crippen LogP contribution in [0.4, 0.5) is 0 Å². The maximum Gasteiger partial charge on any atom is 0.191 e. The summed E-state index contributed by atoms with van der Waals surface area (Å²) in [6.45, 7) is 0. The molecule has 1 heterocycles. The zero-order valence-corrected chi connectivity index (χ0v) is 15.9. The van der Waals surface area contributed by atoms with Gasteiger partial charge >= 0.3 is 0 Å². The van der Waals surface area contributed by atoms with Crippen LogP contribution in [0.15, 0.2) is 58.2 Å². The van der Waals surface area contributed by atoms with Gasteiger partial charge < -0.3 is 4.57 Å². The van der Waals surface area contributed by atoms with Crippen LogP contribution < -0.4 is 0 Å². The summed E-state index contributed by atoms with van der Waals surface area (Å²) in [5.41, 5.74) is 1.56. The van der Waals surface area contributed by atoms with Crippen LogP contribution >= 0.6 is 39.3 Å². The minimum absolute atomic E-state index is 0.0415.